The summed E-state index contributed by atoms with van der Waals surface area (Å²) in [7, 11) is 0. The van der Waals surface area contributed by atoms with Crippen LogP contribution in [0, 0.1) is 6.92 Å². The molecule has 1 aromatic heterocycles. The van der Waals surface area contributed by atoms with Crippen molar-refractivity contribution in [3.8, 4) is 0 Å². The maximum Gasteiger partial charge on any atom is 0.358 e. The van der Waals surface area contributed by atoms with Gasteiger partial charge in [0, 0.05) is 0 Å². The van der Waals surface area contributed by atoms with Crippen LogP contribution in [-0.2, 0) is 21.0 Å². The average molecular weight is 317 g/mol. The fraction of sp³-hybridized carbons (Fsp3) is 0.214. The Morgan fingerprint density at radius 2 is 1.87 bits per heavy atom. The van der Waals surface area contributed by atoms with Crippen LogP contribution in [0.5, 0.6) is 0 Å². The third-order valence-electron chi connectivity index (χ3n) is 2.96. The van der Waals surface area contributed by atoms with E-state index in [0.29, 0.717) is 10.9 Å². The molecule has 0 fully saturated rings. The van der Waals surface area contributed by atoms with Crippen molar-refractivity contribution in [2.24, 2.45) is 0 Å². The second-order valence-electron chi connectivity index (χ2n) is 4.64. The first kappa shape index (κ1) is 14.9. The van der Waals surface area contributed by atoms with E-state index in [9.17, 15) is 14.4 Å². The lowest BCUT2D eigenvalue weighted by atomic mass is 10.1. The monoisotopic (exact) mass is 317 g/mol. The van der Waals surface area contributed by atoms with Crippen LogP contribution in [0.3, 0.4) is 0 Å². The first-order chi connectivity index (χ1) is 11.1. The number of nitrogens with zero attached hydrogens (tertiary/aromatic N) is 3. The Balaban J connectivity index is 1.54. The van der Waals surface area contributed by atoms with Crippen molar-refractivity contribution < 1.29 is 28.5 Å². The van der Waals surface area contributed by atoms with Gasteiger partial charge in [0.15, 0.2) is 5.82 Å². The fourth-order valence-electron chi connectivity index (χ4n) is 2.00. The number of carbonyl (C=O) groups excluding carboxylic acids is 3. The Hall–Kier alpha value is -3.07. The maximum atomic E-state index is 12.0. The number of aromatic nitrogens is 2. The van der Waals surface area contributed by atoms with E-state index in [0.717, 1.165) is 0 Å². The number of carbonyl (C=O) groups is 3. The quantitative estimate of drug-likeness (QED) is 0.739. The van der Waals surface area contributed by atoms with Crippen LogP contribution in [0.15, 0.2) is 28.8 Å². The van der Waals surface area contributed by atoms with Crippen molar-refractivity contribution in [3.05, 3.63) is 47.1 Å². The third kappa shape index (κ3) is 2.94. The molecule has 2 heterocycles. The lowest BCUT2D eigenvalue weighted by molar-refractivity contribution is -0.174. The number of rotatable bonds is 5. The van der Waals surface area contributed by atoms with Crippen molar-refractivity contribution in [3.63, 3.8) is 0 Å². The summed E-state index contributed by atoms with van der Waals surface area (Å²) in [6, 6.07) is 6.20. The van der Waals surface area contributed by atoms with Crippen molar-refractivity contribution in [1.82, 2.24) is 15.2 Å². The van der Waals surface area contributed by atoms with Gasteiger partial charge in [-0.25, -0.2) is 4.79 Å². The molecule has 0 bridgehead atoms. The zero-order valence-corrected chi connectivity index (χ0v) is 12.0. The number of imide groups is 1. The summed E-state index contributed by atoms with van der Waals surface area (Å²) in [6.45, 7) is 1.08. The predicted octanol–water partition coefficient (Wildman–Crippen LogP) is 0.649. The summed E-state index contributed by atoms with van der Waals surface area (Å²) < 4.78 is 9.83. The maximum absolute atomic E-state index is 12.0. The van der Waals surface area contributed by atoms with Gasteiger partial charge >= 0.3 is 5.97 Å². The van der Waals surface area contributed by atoms with Gasteiger partial charge in [-0.2, -0.15) is 4.98 Å². The third-order valence-corrected chi connectivity index (χ3v) is 2.96. The molecular weight excluding hydrogens is 306 g/mol. The topological polar surface area (TPSA) is 112 Å². The van der Waals surface area contributed by atoms with Gasteiger partial charge in [0.25, 0.3) is 17.7 Å². The van der Waals surface area contributed by atoms with Crippen molar-refractivity contribution >= 4 is 17.8 Å². The molecule has 1 aliphatic heterocycles. The van der Waals surface area contributed by atoms with Gasteiger partial charge in [0.2, 0.25) is 0 Å². The van der Waals surface area contributed by atoms with E-state index in [4.69, 9.17) is 14.1 Å². The lowest BCUT2D eigenvalue weighted by Gasteiger charge is -2.12. The van der Waals surface area contributed by atoms with Crippen LogP contribution in [0.1, 0.15) is 32.4 Å². The highest BCUT2D eigenvalue weighted by molar-refractivity contribution is 6.20. The molecule has 1 aromatic carbocycles. The molecule has 9 nitrogen and oxygen atoms in total. The predicted molar refractivity (Wildman–Crippen MR) is 71.7 cm³/mol. The van der Waals surface area contributed by atoms with Crippen molar-refractivity contribution in [1.29, 1.82) is 0 Å². The molecule has 0 N–H and O–H groups in total. The molecule has 0 saturated heterocycles. The molecule has 23 heavy (non-hydrogen) atoms. The Bertz CT molecular complexity index is 749. The molecule has 0 radical (unpaired) electrons. The highest BCUT2D eigenvalue weighted by Gasteiger charge is 2.38. The Morgan fingerprint density at radius 3 is 2.43 bits per heavy atom. The van der Waals surface area contributed by atoms with Crippen molar-refractivity contribution in [2.45, 2.75) is 13.5 Å². The number of aryl methyl sites for hydroxylation is 1. The number of hydrogen-bond acceptors (Lipinski definition) is 8. The van der Waals surface area contributed by atoms with Gasteiger partial charge in [-0.15, -0.1) is 0 Å². The molecule has 118 valence electrons. The SMILES string of the molecule is Cc1noc(COCC(=O)ON2C(=O)c3ccccc3C2=O)n1. The van der Waals surface area contributed by atoms with E-state index in [1.54, 1.807) is 19.1 Å². The van der Waals surface area contributed by atoms with E-state index < -0.39 is 24.4 Å². The van der Waals surface area contributed by atoms with Crippen LogP contribution in [0.4, 0.5) is 0 Å². The number of hydroxylamine groups is 2. The summed E-state index contributed by atoms with van der Waals surface area (Å²) in [5, 5.41) is 3.98. The molecule has 0 aliphatic carbocycles. The van der Waals surface area contributed by atoms with Crippen LogP contribution < -0.4 is 0 Å². The number of amides is 2. The van der Waals surface area contributed by atoms with E-state index in [1.807, 2.05) is 0 Å². The summed E-state index contributed by atoms with van der Waals surface area (Å²) in [5.41, 5.74) is 0.375. The van der Waals surface area contributed by atoms with E-state index in [2.05, 4.69) is 10.1 Å². The van der Waals surface area contributed by atoms with Crippen LogP contribution in [0.2, 0.25) is 0 Å². The lowest BCUT2D eigenvalue weighted by Crippen LogP contribution is -2.34. The van der Waals surface area contributed by atoms with E-state index in [1.165, 1.54) is 12.1 Å². The number of fused-ring (bicyclic) bond motifs is 1. The number of hydrogen-bond donors (Lipinski definition) is 0. The van der Waals surface area contributed by atoms with Gasteiger partial charge in [-0.1, -0.05) is 22.4 Å². The first-order valence-corrected chi connectivity index (χ1v) is 6.62. The average Bonchev–Trinajstić information content (AvgIpc) is 3.05. The summed E-state index contributed by atoms with van der Waals surface area (Å²) in [5.74, 6) is -1.62. The van der Waals surface area contributed by atoms with Gasteiger partial charge < -0.3 is 14.1 Å². The highest BCUT2D eigenvalue weighted by Crippen LogP contribution is 2.22. The van der Waals surface area contributed by atoms with E-state index >= 15 is 0 Å². The minimum Gasteiger partial charge on any atom is -0.360 e. The Labute approximate surface area is 129 Å². The molecular formula is C14H11N3O6. The largest absolute Gasteiger partial charge is 0.360 e. The van der Waals surface area contributed by atoms with Gasteiger partial charge in [-0.05, 0) is 19.1 Å². The van der Waals surface area contributed by atoms with Crippen LogP contribution in [-0.4, -0.2) is 39.6 Å². The summed E-state index contributed by atoms with van der Waals surface area (Å²) in [6.07, 6.45) is 0. The summed E-state index contributed by atoms with van der Waals surface area (Å²) in [4.78, 5) is 44.3. The zero-order valence-electron chi connectivity index (χ0n) is 12.0. The molecule has 1 aliphatic rings. The summed E-state index contributed by atoms with van der Waals surface area (Å²) >= 11 is 0. The molecule has 9 heteroatoms. The fourth-order valence-corrected chi connectivity index (χ4v) is 2.00. The molecule has 2 amide bonds. The molecule has 0 saturated carbocycles. The Kier molecular flexibility index (Phi) is 3.85. The van der Waals surface area contributed by atoms with Gasteiger partial charge in [0.1, 0.15) is 13.2 Å². The molecule has 2 aromatic rings. The minimum absolute atomic E-state index is 0.0853. The molecule has 3 rings (SSSR count). The van der Waals surface area contributed by atoms with Crippen LogP contribution in [0.25, 0.3) is 0 Å². The minimum atomic E-state index is -0.893. The highest BCUT2D eigenvalue weighted by atomic mass is 16.7. The zero-order chi connectivity index (χ0) is 16.4. The normalized spacial score (nSPS) is 13.3. The van der Waals surface area contributed by atoms with E-state index in [-0.39, 0.29) is 23.6 Å². The van der Waals surface area contributed by atoms with Crippen LogP contribution >= 0.6 is 0 Å². The standard InChI is InChI=1S/C14H11N3O6/c1-8-15-11(22-16-8)6-21-7-12(18)23-17-13(19)9-4-2-3-5-10(9)14(17)20/h2-5H,6-7H2,1H3. The first-order valence-electron chi connectivity index (χ1n) is 6.62. The molecule has 0 unspecified atom stereocenters. The molecule has 0 atom stereocenters. The smallest absolute Gasteiger partial charge is 0.358 e. The molecule has 0 spiro atoms. The van der Waals surface area contributed by atoms with Gasteiger partial charge in [-0.3, -0.25) is 9.59 Å². The number of benzene rings is 1. The van der Waals surface area contributed by atoms with Crippen molar-refractivity contribution in [2.75, 3.05) is 6.61 Å². The number of ether oxygens (including phenoxy) is 1. The second-order valence-corrected chi connectivity index (χ2v) is 4.64. The Morgan fingerprint density at radius 1 is 1.22 bits per heavy atom. The van der Waals surface area contributed by atoms with Gasteiger partial charge in [0.05, 0.1) is 11.1 Å². The second kappa shape index (κ2) is 5.97.